The summed E-state index contributed by atoms with van der Waals surface area (Å²) in [6, 6.07) is 0. The normalized spacial score (nSPS) is 5.91. The minimum absolute atomic E-state index is 0. The molecule has 0 aromatic rings. The van der Waals surface area contributed by atoms with Crippen molar-refractivity contribution in [2.45, 2.75) is 0 Å². The summed E-state index contributed by atoms with van der Waals surface area (Å²) in [6.45, 7) is 0. The Bertz CT molecular complexity index is 211. The molecule has 0 bridgehead atoms. The summed E-state index contributed by atoms with van der Waals surface area (Å²) in [5, 5.41) is 0. The van der Waals surface area contributed by atoms with Crippen molar-refractivity contribution in [3.63, 3.8) is 0 Å². The molecule has 0 N–H and O–H groups in total. The average Bonchev–Trinajstić information content (AvgIpc) is 1.94. The molecule has 120 valence electrons. The van der Waals surface area contributed by atoms with E-state index in [2.05, 4.69) is 0 Å². The van der Waals surface area contributed by atoms with Crippen molar-refractivity contribution in [1.29, 1.82) is 0 Å². The van der Waals surface area contributed by atoms with E-state index in [0.29, 0.717) is 0 Å². The predicted octanol–water partition coefficient (Wildman–Crippen LogP) is -14.4. The zero-order valence-electron chi connectivity index (χ0n) is 9.52. The monoisotopic (exact) mass is 1030 g/mol. The molecule has 0 saturated carbocycles. The van der Waals surface area contributed by atoms with Crippen molar-refractivity contribution in [1.82, 2.24) is 0 Å². The van der Waals surface area contributed by atoms with Crippen molar-refractivity contribution in [3.05, 3.63) is 0 Å². The van der Waals surface area contributed by atoms with Crippen LogP contribution in [-0.4, -0.2) is 103 Å². The molecule has 0 aliphatic rings. The summed E-state index contributed by atoms with van der Waals surface area (Å²) in [6.07, 6.45) is 0. The average molecular weight is 1020 g/mol. The zero-order valence-corrected chi connectivity index (χ0v) is 28.2. The third-order valence-electron chi connectivity index (χ3n) is 0. The summed E-state index contributed by atoms with van der Waals surface area (Å²) < 4.78 is 129. The zero-order chi connectivity index (χ0) is 17.9. The van der Waals surface area contributed by atoms with Crippen LogP contribution in [0.2, 0.25) is 0 Å². The van der Waals surface area contributed by atoms with Crippen molar-refractivity contribution in [3.8, 4) is 0 Å². The third-order valence-corrected chi connectivity index (χ3v) is 0. The fourth-order valence-electron chi connectivity index (χ4n) is 0. The van der Waals surface area contributed by atoms with Gasteiger partial charge in [-0.2, -0.15) is 0 Å². The van der Waals surface area contributed by atoms with Gasteiger partial charge < -0.3 is 0 Å². The first-order valence-electron chi connectivity index (χ1n) is 3.06. The molecule has 0 aromatic carbocycles. The Kier molecular flexibility index (Phi) is 81.8. The summed E-state index contributed by atoms with van der Waals surface area (Å²) in [5.41, 5.74) is 0. The maximum absolute atomic E-state index is 8.61. The molecule has 22 heteroatoms. The molecule has 0 amide bonds. The first-order valence-corrected chi connectivity index (χ1v) is 20.5. The molecule has 0 atom stereocenters. The number of hydrogen-bond donors (Lipinski definition) is 0. The van der Waals surface area contributed by atoms with E-state index in [-0.39, 0.29) is 44.8 Å². The number of rotatable bonds is 0. The Labute approximate surface area is 193 Å². The van der Waals surface area contributed by atoms with Crippen molar-refractivity contribution in [2.24, 2.45) is 0 Å². The van der Waals surface area contributed by atoms with E-state index in [0.717, 1.165) is 0 Å². The summed E-state index contributed by atoms with van der Waals surface area (Å²) in [7, 11) is 0. The molecule has 0 unspecified atom stereocenters. The van der Waals surface area contributed by atoms with Gasteiger partial charge in [0.25, 0.3) is 0 Å². The van der Waals surface area contributed by atoms with Gasteiger partial charge in [0.15, 0.2) is 0 Å². The van der Waals surface area contributed by atoms with Crippen LogP contribution in [0.5, 0.6) is 0 Å². The Morgan fingerprint density at radius 1 is 0.318 bits per heavy atom. The van der Waals surface area contributed by atoms with Crippen LogP contribution in [0, 0.1) is 0 Å². The third kappa shape index (κ3) is 772. The van der Waals surface area contributed by atoms with Crippen LogP contribution in [0.1, 0.15) is 0 Å². The van der Waals surface area contributed by atoms with Crippen LogP contribution in [0.15, 0.2) is 0 Å². The van der Waals surface area contributed by atoms with Crippen LogP contribution in [-0.2, 0) is 60.1 Å². The van der Waals surface area contributed by atoms with Gasteiger partial charge in [-0.3, -0.25) is 0 Å². The summed E-state index contributed by atoms with van der Waals surface area (Å²) >= 11 is -21.5. The second-order valence-electron chi connectivity index (χ2n) is 1.25. The molecule has 0 heterocycles. The quantitative estimate of drug-likeness (QED) is 0.204. The molecule has 0 radical (unpaired) electrons. The van der Waals surface area contributed by atoms with Crippen molar-refractivity contribution >= 4 is 103 Å². The Morgan fingerprint density at radius 3 is 0.318 bits per heavy atom. The molecule has 0 spiro atoms. The van der Waals surface area contributed by atoms with Crippen LogP contribution in [0.3, 0.4) is 0 Å². The van der Waals surface area contributed by atoms with Gasteiger partial charge in [0.05, 0.1) is 0 Å². The molecular weight excluding hydrogens is 1020 g/mol. The van der Waals surface area contributed by atoms with Gasteiger partial charge >= 0.3 is 197 Å². The second kappa shape index (κ2) is 39.9. The van der Waals surface area contributed by atoms with Gasteiger partial charge in [-0.25, -0.2) is 0 Å². The molecule has 0 saturated heterocycles. The van der Waals surface area contributed by atoms with E-state index >= 15 is 0 Å². The second-order valence-corrected chi connectivity index (χ2v) is 8.39. The van der Waals surface area contributed by atoms with Gasteiger partial charge in [-0.1, -0.05) is 0 Å². The molecular formula is Nb2O15Sn5. The van der Waals surface area contributed by atoms with Gasteiger partial charge in [0.1, 0.15) is 0 Å². The van der Waals surface area contributed by atoms with Crippen molar-refractivity contribution < 1.29 is 94.6 Å². The van der Waals surface area contributed by atoms with Gasteiger partial charge in [0.2, 0.25) is 0 Å². The Morgan fingerprint density at radius 2 is 0.318 bits per heavy atom. The molecule has 0 fully saturated rings. The van der Waals surface area contributed by atoms with Crippen molar-refractivity contribution in [2.75, 3.05) is 0 Å². The Hall–Kier alpha value is 4.07. The molecule has 0 rings (SSSR count). The van der Waals surface area contributed by atoms with Crippen LogP contribution in [0.4, 0.5) is 0 Å². The minimum atomic E-state index is -4.29. The maximum atomic E-state index is 8.61. The van der Waals surface area contributed by atoms with Crippen LogP contribution < -0.4 is 34.4 Å². The van der Waals surface area contributed by atoms with E-state index in [4.69, 9.17) is 49.8 Å². The Balaban J connectivity index is -0.0000000250. The molecule has 0 aromatic heterocycles. The van der Waals surface area contributed by atoms with E-state index in [1.54, 1.807) is 0 Å². The van der Waals surface area contributed by atoms with Crippen LogP contribution in [0.25, 0.3) is 0 Å². The fourth-order valence-corrected chi connectivity index (χ4v) is 0. The fraction of sp³-hybridized carbons (Fsp3) is 0. The SMILES string of the molecule is [Nb+5].[Nb+5].[O]=[Sn]([O-])[O-].[O]=[Sn]([O-])[O-].[O]=[Sn]([O-])[O-].[O]=[Sn]([O-])[O-].[O]=[Sn]([O-])[O-]. The summed E-state index contributed by atoms with van der Waals surface area (Å²) in [5.74, 6) is 0. The standard InChI is InChI=1S/2Nb.15O.5Sn/q2*+5;;;;;;10*-1;;;;;. The predicted molar refractivity (Wildman–Crippen MR) is 32.2 cm³/mol. The topological polar surface area (TPSA) is 316 Å². The van der Waals surface area contributed by atoms with Gasteiger partial charge in [0, 0.05) is 0 Å². The molecule has 0 aliphatic heterocycles. The van der Waals surface area contributed by atoms with E-state index in [1.165, 1.54) is 0 Å². The first kappa shape index (κ1) is 45.1. The number of hydrogen-bond acceptors (Lipinski definition) is 15. The molecule has 22 heavy (non-hydrogen) atoms. The molecule has 15 nitrogen and oxygen atoms in total. The van der Waals surface area contributed by atoms with E-state index < -0.39 is 103 Å². The van der Waals surface area contributed by atoms with E-state index in [1.807, 2.05) is 0 Å². The molecule has 0 aliphatic carbocycles. The van der Waals surface area contributed by atoms with Gasteiger partial charge in [-0.15, -0.1) is 0 Å². The van der Waals surface area contributed by atoms with Crippen LogP contribution >= 0.6 is 0 Å². The first-order chi connectivity index (χ1) is 8.66. The van der Waals surface area contributed by atoms with E-state index in [9.17, 15) is 0 Å². The summed E-state index contributed by atoms with van der Waals surface area (Å²) in [4.78, 5) is 0. The van der Waals surface area contributed by atoms with Gasteiger partial charge in [-0.05, 0) is 0 Å².